The second-order valence-electron chi connectivity index (χ2n) is 9.03. The molecule has 1 heterocycles. The molecule has 164 valence electrons. The van der Waals surface area contributed by atoms with Crippen LogP contribution in [0, 0.1) is 18.8 Å². The van der Waals surface area contributed by atoms with E-state index < -0.39 is 24.1 Å². The van der Waals surface area contributed by atoms with Crippen molar-refractivity contribution in [2.45, 2.75) is 84.3 Å². The van der Waals surface area contributed by atoms with Gasteiger partial charge in [-0.3, -0.25) is 4.79 Å². The van der Waals surface area contributed by atoms with Crippen LogP contribution in [0.2, 0.25) is 0 Å². The average molecular weight is 415 g/mol. The Labute approximate surface area is 179 Å². The monoisotopic (exact) mass is 414 g/mol. The molecular formula is C24H34N2O4. The molecule has 2 aliphatic rings. The first-order chi connectivity index (χ1) is 14.3. The van der Waals surface area contributed by atoms with Gasteiger partial charge < -0.3 is 10.0 Å². The van der Waals surface area contributed by atoms with E-state index >= 15 is 0 Å². The largest absolute Gasteiger partial charge is 0.480 e. The fourth-order valence-corrected chi connectivity index (χ4v) is 4.80. The quantitative estimate of drug-likeness (QED) is 0.631. The topological polar surface area (TPSA) is 77.9 Å². The third kappa shape index (κ3) is 4.68. The van der Waals surface area contributed by atoms with E-state index in [-0.39, 0.29) is 17.7 Å². The summed E-state index contributed by atoms with van der Waals surface area (Å²) in [6.45, 7) is 6.26. The molecule has 3 atom stereocenters. The molecule has 2 fully saturated rings. The summed E-state index contributed by atoms with van der Waals surface area (Å²) >= 11 is 0. The first-order valence-electron chi connectivity index (χ1n) is 11.3. The van der Waals surface area contributed by atoms with Gasteiger partial charge in [-0.2, -0.15) is 0 Å². The second kappa shape index (κ2) is 9.63. The molecule has 30 heavy (non-hydrogen) atoms. The van der Waals surface area contributed by atoms with Crippen molar-refractivity contribution in [1.29, 1.82) is 0 Å². The van der Waals surface area contributed by atoms with Gasteiger partial charge in [-0.15, -0.1) is 0 Å². The number of amides is 3. The molecule has 0 spiro atoms. The van der Waals surface area contributed by atoms with Crippen molar-refractivity contribution < 1.29 is 19.5 Å². The molecule has 0 bridgehead atoms. The lowest BCUT2D eigenvalue weighted by molar-refractivity contribution is -0.148. The summed E-state index contributed by atoms with van der Waals surface area (Å²) in [7, 11) is 0. The van der Waals surface area contributed by atoms with Crippen LogP contribution < -0.4 is 0 Å². The molecule has 1 aromatic carbocycles. The molecule has 3 rings (SSSR count). The summed E-state index contributed by atoms with van der Waals surface area (Å²) in [6.07, 6.45) is 6.41. The van der Waals surface area contributed by atoms with Crippen LogP contribution in [-0.4, -0.2) is 44.9 Å². The number of carboxylic acids is 1. The zero-order chi connectivity index (χ0) is 21.8. The number of imide groups is 1. The van der Waals surface area contributed by atoms with Crippen molar-refractivity contribution in [3.05, 3.63) is 35.4 Å². The summed E-state index contributed by atoms with van der Waals surface area (Å²) in [4.78, 5) is 41.5. The molecule has 6 nitrogen and oxygen atoms in total. The van der Waals surface area contributed by atoms with Gasteiger partial charge in [0.2, 0.25) is 0 Å². The van der Waals surface area contributed by atoms with Gasteiger partial charge in [-0.05, 0) is 30.7 Å². The average Bonchev–Trinajstić information content (AvgIpc) is 2.97. The van der Waals surface area contributed by atoms with Crippen molar-refractivity contribution in [2.24, 2.45) is 11.8 Å². The lowest BCUT2D eigenvalue weighted by atomic mass is 9.84. The molecule has 1 aliphatic heterocycles. The molecule has 1 aromatic rings. The van der Waals surface area contributed by atoms with E-state index in [1.807, 2.05) is 45.0 Å². The Balaban J connectivity index is 1.87. The van der Waals surface area contributed by atoms with Gasteiger partial charge >= 0.3 is 12.0 Å². The van der Waals surface area contributed by atoms with Crippen molar-refractivity contribution in [1.82, 2.24) is 9.80 Å². The molecule has 1 saturated carbocycles. The fourth-order valence-electron chi connectivity index (χ4n) is 4.80. The van der Waals surface area contributed by atoms with Crippen LogP contribution >= 0.6 is 0 Å². The molecule has 0 aromatic heterocycles. The third-order valence-corrected chi connectivity index (χ3v) is 6.81. The van der Waals surface area contributed by atoms with Crippen LogP contribution in [0.5, 0.6) is 0 Å². The van der Waals surface area contributed by atoms with Gasteiger partial charge in [0.1, 0.15) is 12.1 Å². The molecule has 3 unspecified atom stereocenters. The Kier molecular flexibility index (Phi) is 7.16. The zero-order valence-corrected chi connectivity index (χ0v) is 18.3. The normalized spacial score (nSPS) is 22.4. The van der Waals surface area contributed by atoms with E-state index in [2.05, 4.69) is 0 Å². The van der Waals surface area contributed by atoms with Gasteiger partial charge in [0, 0.05) is 6.54 Å². The van der Waals surface area contributed by atoms with E-state index in [4.69, 9.17) is 0 Å². The van der Waals surface area contributed by atoms with Crippen molar-refractivity contribution in [3.63, 3.8) is 0 Å². The van der Waals surface area contributed by atoms with Gasteiger partial charge in [0.15, 0.2) is 0 Å². The highest BCUT2D eigenvalue weighted by Crippen LogP contribution is 2.33. The molecule has 1 N–H and O–H groups in total. The molecule has 3 amide bonds. The number of benzene rings is 1. The maximum atomic E-state index is 13.4. The van der Waals surface area contributed by atoms with Crippen LogP contribution in [0.3, 0.4) is 0 Å². The second-order valence-corrected chi connectivity index (χ2v) is 9.03. The third-order valence-electron chi connectivity index (χ3n) is 6.81. The zero-order valence-electron chi connectivity index (χ0n) is 18.3. The number of aliphatic carboxylic acids is 1. The first kappa shape index (κ1) is 22.3. The molecular weight excluding hydrogens is 380 g/mol. The molecule has 6 heteroatoms. The summed E-state index contributed by atoms with van der Waals surface area (Å²) in [5, 5.41) is 9.92. The van der Waals surface area contributed by atoms with Crippen LogP contribution in [-0.2, 0) is 16.1 Å². The number of nitrogens with zero attached hydrogens (tertiary/aromatic N) is 2. The van der Waals surface area contributed by atoms with Crippen molar-refractivity contribution in [3.8, 4) is 0 Å². The van der Waals surface area contributed by atoms with Crippen molar-refractivity contribution in [2.75, 3.05) is 0 Å². The lowest BCUT2D eigenvalue weighted by Gasteiger charge is -2.28. The fraction of sp³-hybridized carbons (Fsp3) is 0.625. The number of urea groups is 1. The Morgan fingerprint density at radius 1 is 1.13 bits per heavy atom. The van der Waals surface area contributed by atoms with Crippen LogP contribution in [0.15, 0.2) is 24.3 Å². The molecule has 1 saturated heterocycles. The minimum Gasteiger partial charge on any atom is -0.480 e. The van der Waals surface area contributed by atoms with Crippen LogP contribution in [0.1, 0.15) is 69.9 Å². The number of carboxylic acid groups (broad SMARTS) is 1. The van der Waals surface area contributed by atoms with Gasteiger partial charge in [0.25, 0.3) is 5.91 Å². The summed E-state index contributed by atoms with van der Waals surface area (Å²) in [6, 6.07) is 5.72. The smallest absolute Gasteiger partial charge is 0.328 e. The standard InChI is InChI=1S/C24H34N2O4/c1-4-17(3)21-22(27)26(20(23(28)29)14-18-8-6-5-7-9-18)24(30)25(21)15-19-12-10-16(2)11-13-19/h10-13,17-18,20-21H,4-9,14-15H2,1-3H3,(H,28,29). The number of aryl methyl sites for hydroxylation is 1. The lowest BCUT2D eigenvalue weighted by Crippen LogP contribution is -2.47. The highest BCUT2D eigenvalue weighted by Gasteiger charge is 2.51. The maximum absolute atomic E-state index is 13.4. The Bertz CT molecular complexity index is 770. The number of rotatable bonds is 8. The molecule has 0 radical (unpaired) electrons. The number of hydrogen-bond acceptors (Lipinski definition) is 3. The van der Waals surface area contributed by atoms with E-state index in [1.54, 1.807) is 4.90 Å². The minimum absolute atomic E-state index is 0.0407. The summed E-state index contributed by atoms with van der Waals surface area (Å²) in [5.74, 6) is -1.22. The van der Waals surface area contributed by atoms with E-state index in [1.165, 1.54) is 6.42 Å². The van der Waals surface area contributed by atoms with Gasteiger partial charge in [-0.25, -0.2) is 14.5 Å². The van der Waals surface area contributed by atoms with Crippen LogP contribution in [0.25, 0.3) is 0 Å². The highest BCUT2D eigenvalue weighted by molar-refractivity contribution is 6.07. The summed E-state index contributed by atoms with van der Waals surface area (Å²) in [5.41, 5.74) is 2.07. The SMILES string of the molecule is CCC(C)C1C(=O)N(C(CC2CCCCC2)C(=O)O)C(=O)N1Cc1ccc(C)cc1. The Hall–Kier alpha value is -2.37. The highest BCUT2D eigenvalue weighted by atomic mass is 16.4. The van der Waals surface area contributed by atoms with Crippen molar-refractivity contribution >= 4 is 17.9 Å². The van der Waals surface area contributed by atoms with E-state index in [0.717, 1.165) is 48.1 Å². The van der Waals surface area contributed by atoms with Crippen LogP contribution in [0.4, 0.5) is 4.79 Å². The number of carbonyl (C=O) groups is 3. The number of carbonyl (C=O) groups excluding carboxylic acids is 2. The number of hydrogen-bond donors (Lipinski definition) is 1. The van der Waals surface area contributed by atoms with Gasteiger partial charge in [-0.1, -0.05) is 82.2 Å². The van der Waals surface area contributed by atoms with E-state index in [9.17, 15) is 19.5 Å². The predicted molar refractivity (Wildman–Crippen MR) is 115 cm³/mol. The summed E-state index contributed by atoms with van der Waals surface area (Å²) < 4.78 is 0. The first-order valence-corrected chi connectivity index (χ1v) is 11.3. The van der Waals surface area contributed by atoms with E-state index in [0.29, 0.717) is 13.0 Å². The minimum atomic E-state index is -1.08. The Morgan fingerprint density at radius 2 is 1.77 bits per heavy atom. The predicted octanol–water partition coefficient (Wildman–Crippen LogP) is 4.60. The molecule has 1 aliphatic carbocycles. The maximum Gasteiger partial charge on any atom is 0.328 e. The van der Waals surface area contributed by atoms with Gasteiger partial charge in [0.05, 0.1) is 0 Å². The Morgan fingerprint density at radius 3 is 2.33 bits per heavy atom.